The highest BCUT2D eigenvalue weighted by molar-refractivity contribution is 7.09. The van der Waals surface area contributed by atoms with Crippen LogP contribution in [0.5, 0.6) is 0 Å². The van der Waals surface area contributed by atoms with Crippen molar-refractivity contribution in [2.24, 2.45) is 0 Å². The van der Waals surface area contributed by atoms with E-state index in [2.05, 4.69) is 29.0 Å². The quantitative estimate of drug-likeness (QED) is 0.843. The Morgan fingerprint density at radius 2 is 2.08 bits per heavy atom. The van der Waals surface area contributed by atoms with Crippen LogP contribution in [0.4, 0.5) is 0 Å². The Morgan fingerprint density at radius 3 is 2.71 bits per heavy atom. The minimum atomic E-state index is -0.383. The van der Waals surface area contributed by atoms with Crippen LogP contribution < -0.4 is 0 Å². The molecule has 24 heavy (non-hydrogen) atoms. The Balaban J connectivity index is 1.71. The molecule has 1 aliphatic heterocycles. The molecule has 2 aromatic heterocycles. The van der Waals surface area contributed by atoms with Gasteiger partial charge in [-0.1, -0.05) is 27.7 Å². The Kier molecular flexibility index (Phi) is 4.96. The predicted molar refractivity (Wildman–Crippen MR) is 89.2 cm³/mol. The van der Waals surface area contributed by atoms with Crippen molar-refractivity contribution in [1.29, 1.82) is 0 Å². The molecule has 3 heterocycles. The van der Waals surface area contributed by atoms with Crippen LogP contribution in [0.2, 0.25) is 0 Å². The van der Waals surface area contributed by atoms with Gasteiger partial charge in [-0.05, 0) is 0 Å². The summed E-state index contributed by atoms with van der Waals surface area (Å²) in [5.74, 6) is 1.42. The molecule has 1 aliphatic rings. The van der Waals surface area contributed by atoms with Crippen LogP contribution in [0.1, 0.15) is 72.9 Å². The number of morpholine rings is 1. The first-order chi connectivity index (χ1) is 11.5. The van der Waals surface area contributed by atoms with Crippen LogP contribution in [-0.4, -0.2) is 45.7 Å². The van der Waals surface area contributed by atoms with Crippen molar-refractivity contribution in [2.75, 3.05) is 19.7 Å². The van der Waals surface area contributed by atoms with Crippen molar-refractivity contribution < 1.29 is 13.9 Å². The third kappa shape index (κ3) is 3.49. The predicted octanol–water partition coefficient (Wildman–Crippen LogP) is 2.99. The Labute approximate surface area is 145 Å². The van der Waals surface area contributed by atoms with E-state index in [0.29, 0.717) is 43.1 Å². The number of rotatable bonds is 4. The average molecular weight is 350 g/mol. The lowest BCUT2D eigenvalue weighted by Crippen LogP contribution is -2.42. The number of aromatic nitrogens is 3. The van der Waals surface area contributed by atoms with E-state index in [1.54, 1.807) is 4.90 Å². The van der Waals surface area contributed by atoms with Gasteiger partial charge < -0.3 is 14.1 Å². The summed E-state index contributed by atoms with van der Waals surface area (Å²) in [6.45, 7) is 9.49. The number of amides is 1. The second-order valence-corrected chi connectivity index (χ2v) is 7.36. The minimum Gasteiger partial charge on any atom is -0.422 e. The number of carbonyl (C=O) groups is 1. The third-order valence-corrected chi connectivity index (χ3v) is 4.96. The maximum atomic E-state index is 12.7. The fourth-order valence-electron chi connectivity index (χ4n) is 2.41. The van der Waals surface area contributed by atoms with Crippen LogP contribution in [0.25, 0.3) is 0 Å². The van der Waals surface area contributed by atoms with Crippen LogP contribution in [-0.2, 0) is 4.74 Å². The van der Waals surface area contributed by atoms with Crippen molar-refractivity contribution in [2.45, 2.75) is 45.6 Å². The molecule has 130 valence electrons. The molecule has 1 unspecified atom stereocenters. The largest absolute Gasteiger partial charge is 0.422 e. The van der Waals surface area contributed by atoms with Crippen LogP contribution in [0.15, 0.2) is 9.80 Å². The molecule has 0 aromatic carbocycles. The number of hydrogen-bond donors (Lipinski definition) is 0. The molecule has 0 N–H and O–H groups in total. The van der Waals surface area contributed by atoms with Gasteiger partial charge in [0.1, 0.15) is 5.69 Å². The van der Waals surface area contributed by atoms with Gasteiger partial charge in [-0.25, -0.2) is 4.98 Å². The highest BCUT2D eigenvalue weighted by Gasteiger charge is 2.31. The van der Waals surface area contributed by atoms with E-state index in [1.165, 1.54) is 11.3 Å². The maximum Gasteiger partial charge on any atom is 0.273 e. The smallest absolute Gasteiger partial charge is 0.273 e. The monoisotopic (exact) mass is 350 g/mol. The first-order valence-corrected chi connectivity index (χ1v) is 9.03. The second-order valence-electron chi connectivity index (χ2n) is 6.47. The molecule has 1 amide bonds. The van der Waals surface area contributed by atoms with Gasteiger partial charge >= 0.3 is 0 Å². The first-order valence-electron chi connectivity index (χ1n) is 8.15. The van der Waals surface area contributed by atoms with E-state index in [0.717, 1.165) is 5.01 Å². The SMILES string of the molecule is CC(C)c1nnc(C2CN(C(=O)c3csc(C(C)C)n3)CCO2)o1. The van der Waals surface area contributed by atoms with Crippen molar-refractivity contribution >= 4 is 17.2 Å². The fraction of sp³-hybridized carbons (Fsp3) is 0.625. The highest BCUT2D eigenvalue weighted by atomic mass is 32.1. The van der Waals surface area contributed by atoms with Crippen molar-refractivity contribution in [3.05, 3.63) is 27.9 Å². The minimum absolute atomic E-state index is 0.0740. The summed E-state index contributed by atoms with van der Waals surface area (Å²) in [5.41, 5.74) is 0.498. The van der Waals surface area contributed by atoms with Gasteiger partial charge in [-0.15, -0.1) is 21.5 Å². The lowest BCUT2D eigenvalue weighted by Gasteiger charge is -2.30. The first kappa shape index (κ1) is 17.0. The number of hydrogen-bond acceptors (Lipinski definition) is 7. The van der Waals surface area contributed by atoms with Gasteiger partial charge in [0.25, 0.3) is 5.91 Å². The number of ether oxygens (including phenoxy) is 1. The van der Waals surface area contributed by atoms with Crippen LogP contribution in [0, 0.1) is 0 Å². The van der Waals surface area contributed by atoms with Gasteiger partial charge in [-0.3, -0.25) is 4.79 Å². The third-order valence-electron chi connectivity index (χ3n) is 3.81. The van der Waals surface area contributed by atoms with E-state index in [-0.39, 0.29) is 17.9 Å². The molecule has 8 heteroatoms. The van der Waals surface area contributed by atoms with E-state index in [9.17, 15) is 4.79 Å². The van der Waals surface area contributed by atoms with Gasteiger partial charge in [0.2, 0.25) is 11.8 Å². The summed E-state index contributed by atoms with van der Waals surface area (Å²) < 4.78 is 11.4. The molecule has 0 bridgehead atoms. The molecule has 1 atom stereocenters. The zero-order valence-electron chi connectivity index (χ0n) is 14.4. The lowest BCUT2D eigenvalue weighted by atomic mass is 10.2. The van der Waals surface area contributed by atoms with Gasteiger partial charge in [0, 0.05) is 23.8 Å². The zero-order chi connectivity index (χ0) is 17.3. The summed E-state index contributed by atoms with van der Waals surface area (Å²) in [6, 6.07) is 0. The molecule has 0 spiro atoms. The van der Waals surface area contributed by atoms with E-state index >= 15 is 0 Å². The molecular weight excluding hydrogens is 328 g/mol. The van der Waals surface area contributed by atoms with E-state index in [4.69, 9.17) is 9.15 Å². The fourth-order valence-corrected chi connectivity index (χ4v) is 3.22. The summed E-state index contributed by atoms with van der Waals surface area (Å²) in [4.78, 5) is 18.9. The van der Waals surface area contributed by atoms with Crippen molar-refractivity contribution in [1.82, 2.24) is 20.1 Å². The lowest BCUT2D eigenvalue weighted by molar-refractivity contribution is -0.0352. The van der Waals surface area contributed by atoms with E-state index < -0.39 is 0 Å². The van der Waals surface area contributed by atoms with E-state index in [1.807, 2.05) is 19.2 Å². The Morgan fingerprint density at radius 1 is 1.29 bits per heavy atom. The van der Waals surface area contributed by atoms with Gasteiger partial charge in [-0.2, -0.15) is 0 Å². The molecule has 7 nitrogen and oxygen atoms in total. The molecule has 1 saturated heterocycles. The van der Waals surface area contributed by atoms with Gasteiger partial charge in [0.05, 0.1) is 18.2 Å². The standard InChI is InChI=1S/C16H22N4O3S/c1-9(2)13-18-19-14(23-13)12-7-20(5-6-22-12)16(21)11-8-24-15(17-11)10(3)4/h8-10,12H,5-7H2,1-4H3. The van der Waals surface area contributed by atoms with Crippen molar-refractivity contribution in [3.63, 3.8) is 0 Å². The Hall–Kier alpha value is -1.80. The summed E-state index contributed by atoms with van der Waals surface area (Å²) in [7, 11) is 0. The molecule has 0 radical (unpaired) electrons. The Bertz CT molecular complexity index is 710. The summed E-state index contributed by atoms with van der Waals surface area (Å²) >= 11 is 1.52. The highest BCUT2D eigenvalue weighted by Crippen LogP contribution is 2.25. The molecule has 1 fully saturated rings. The molecule has 0 saturated carbocycles. The summed E-state index contributed by atoms with van der Waals surface area (Å²) in [6.07, 6.45) is -0.383. The zero-order valence-corrected chi connectivity index (χ0v) is 15.2. The van der Waals surface area contributed by atoms with Crippen molar-refractivity contribution in [3.8, 4) is 0 Å². The molecule has 0 aliphatic carbocycles. The van der Waals surface area contributed by atoms with Crippen LogP contribution >= 0.6 is 11.3 Å². The molecule has 2 aromatic rings. The maximum absolute atomic E-state index is 12.7. The van der Waals surface area contributed by atoms with Gasteiger partial charge in [0.15, 0.2) is 6.10 Å². The molecule has 3 rings (SSSR count). The normalized spacial score (nSPS) is 18.6. The topological polar surface area (TPSA) is 81.4 Å². The summed E-state index contributed by atoms with van der Waals surface area (Å²) in [5, 5.41) is 10.9. The molecular formula is C16H22N4O3S. The number of nitrogens with zero attached hydrogens (tertiary/aromatic N) is 4. The van der Waals surface area contributed by atoms with Crippen LogP contribution in [0.3, 0.4) is 0 Å². The second kappa shape index (κ2) is 6.98. The number of carbonyl (C=O) groups excluding carboxylic acids is 1. The average Bonchev–Trinajstić information content (AvgIpc) is 3.24. The number of thiazole rings is 1.